The van der Waals surface area contributed by atoms with Crippen molar-refractivity contribution < 1.29 is 4.39 Å². The normalized spacial score (nSPS) is 20.8. The number of rotatable bonds is 2. The molecular formula is C17H15FN2S2. The molecule has 0 amide bonds. The van der Waals surface area contributed by atoms with Gasteiger partial charge in [-0.15, -0.1) is 22.7 Å². The molecule has 5 heteroatoms. The lowest BCUT2D eigenvalue weighted by molar-refractivity contribution is 0.454. The van der Waals surface area contributed by atoms with Gasteiger partial charge in [0.15, 0.2) is 0 Å². The van der Waals surface area contributed by atoms with E-state index in [1.165, 1.54) is 16.5 Å². The van der Waals surface area contributed by atoms with Crippen molar-refractivity contribution in [2.24, 2.45) is 0 Å². The van der Waals surface area contributed by atoms with E-state index in [-0.39, 0.29) is 17.9 Å². The first-order valence-corrected chi connectivity index (χ1v) is 8.96. The first-order valence-electron chi connectivity index (χ1n) is 7.20. The molecule has 1 aliphatic rings. The fraction of sp³-hybridized carbons (Fsp3) is 0.235. The molecule has 3 aromatic rings. The molecule has 0 saturated heterocycles. The Bertz CT molecular complexity index is 808. The molecule has 0 bridgehead atoms. The van der Waals surface area contributed by atoms with E-state index in [0.717, 1.165) is 22.7 Å². The average molecular weight is 330 g/mol. The monoisotopic (exact) mass is 330 g/mol. The second-order valence-electron chi connectivity index (χ2n) is 5.55. The van der Waals surface area contributed by atoms with Crippen molar-refractivity contribution in [2.45, 2.75) is 25.4 Å². The quantitative estimate of drug-likeness (QED) is 0.741. The highest BCUT2D eigenvalue weighted by Gasteiger charge is 2.30. The van der Waals surface area contributed by atoms with Crippen LogP contribution in [0.2, 0.25) is 0 Å². The minimum atomic E-state index is -0.190. The van der Waals surface area contributed by atoms with E-state index in [2.05, 4.69) is 27.1 Å². The van der Waals surface area contributed by atoms with Crippen LogP contribution in [0.4, 0.5) is 4.39 Å². The number of halogens is 1. The molecule has 112 valence electrons. The Morgan fingerprint density at radius 2 is 2.18 bits per heavy atom. The van der Waals surface area contributed by atoms with Crippen LogP contribution in [-0.2, 0) is 6.42 Å². The summed E-state index contributed by atoms with van der Waals surface area (Å²) < 4.78 is 13.6. The maximum atomic E-state index is 13.6. The van der Waals surface area contributed by atoms with Crippen LogP contribution >= 0.6 is 22.7 Å². The SMILES string of the molecule is Cc1csc([C@H]2Cc3ccsc3[C@@H](c3cccc(F)c3)N2)n1. The smallest absolute Gasteiger partial charge is 0.123 e. The van der Waals surface area contributed by atoms with E-state index in [0.29, 0.717) is 0 Å². The zero-order chi connectivity index (χ0) is 15.1. The number of fused-ring (bicyclic) bond motifs is 1. The van der Waals surface area contributed by atoms with Crippen LogP contribution in [-0.4, -0.2) is 4.98 Å². The largest absolute Gasteiger partial charge is 0.296 e. The Kier molecular flexibility index (Phi) is 3.56. The summed E-state index contributed by atoms with van der Waals surface area (Å²) in [6.07, 6.45) is 0.942. The van der Waals surface area contributed by atoms with Crippen molar-refractivity contribution in [3.63, 3.8) is 0 Å². The number of benzene rings is 1. The van der Waals surface area contributed by atoms with Gasteiger partial charge in [0.25, 0.3) is 0 Å². The molecule has 0 aliphatic carbocycles. The summed E-state index contributed by atoms with van der Waals surface area (Å²) in [5, 5.41) is 8.97. The zero-order valence-electron chi connectivity index (χ0n) is 12.0. The molecule has 0 unspecified atom stereocenters. The molecule has 2 aromatic heterocycles. The molecule has 0 fully saturated rings. The number of hydrogen-bond donors (Lipinski definition) is 1. The molecule has 3 heterocycles. The predicted molar refractivity (Wildman–Crippen MR) is 89.0 cm³/mol. The third-order valence-corrected chi connectivity index (χ3v) is 6.05. The third-order valence-electron chi connectivity index (χ3n) is 3.95. The predicted octanol–water partition coefficient (Wildman–Crippen LogP) is 4.63. The Morgan fingerprint density at radius 1 is 1.27 bits per heavy atom. The second-order valence-corrected chi connectivity index (χ2v) is 7.39. The first kappa shape index (κ1) is 14.1. The third kappa shape index (κ3) is 2.49. The maximum absolute atomic E-state index is 13.6. The highest BCUT2D eigenvalue weighted by atomic mass is 32.1. The van der Waals surface area contributed by atoms with Crippen LogP contribution < -0.4 is 5.32 Å². The highest BCUT2D eigenvalue weighted by molar-refractivity contribution is 7.10. The van der Waals surface area contributed by atoms with Crippen LogP contribution in [0, 0.1) is 12.7 Å². The van der Waals surface area contributed by atoms with E-state index in [1.807, 2.05) is 13.0 Å². The van der Waals surface area contributed by atoms with Gasteiger partial charge in [-0.05, 0) is 48.1 Å². The average Bonchev–Trinajstić information content (AvgIpc) is 3.14. The van der Waals surface area contributed by atoms with Gasteiger partial charge < -0.3 is 0 Å². The Balaban J connectivity index is 1.75. The van der Waals surface area contributed by atoms with Gasteiger partial charge in [-0.25, -0.2) is 9.37 Å². The molecule has 4 rings (SSSR count). The molecule has 0 spiro atoms. The second kappa shape index (κ2) is 5.57. The molecule has 1 N–H and O–H groups in total. The van der Waals surface area contributed by atoms with Crippen molar-refractivity contribution in [1.82, 2.24) is 10.3 Å². The van der Waals surface area contributed by atoms with Crippen LogP contribution in [0.15, 0.2) is 41.1 Å². The van der Waals surface area contributed by atoms with Gasteiger partial charge in [0.1, 0.15) is 10.8 Å². The Hall–Kier alpha value is -1.56. The summed E-state index contributed by atoms with van der Waals surface area (Å²) in [5.74, 6) is -0.190. The minimum Gasteiger partial charge on any atom is -0.296 e. The number of aryl methyl sites for hydroxylation is 1. The molecule has 2 atom stereocenters. The van der Waals surface area contributed by atoms with Crippen LogP contribution in [0.25, 0.3) is 0 Å². The van der Waals surface area contributed by atoms with Gasteiger partial charge in [0, 0.05) is 16.0 Å². The standard InChI is InChI=1S/C17H15FN2S2/c1-10-9-22-17(19-10)14-8-12-5-6-21-16(12)15(20-14)11-3-2-4-13(18)7-11/h2-7,9,14-15,20H,8H2,1H3/t14-,15-/m1/s1. The van der Waals surface area contributed by atoms with E-state index in [9.17, 15) is 4.39 Å². The van der Waals surface area contributed by atoms with Gasteiger partial charge >= 0.3 is 0 Å². The van der Waals surface area contributed by atoms with Crippen molar-refractivity contribution in [1.29, 1.82) is 0 Å². The summed E-state index contributed by atoms with van der Waals surface area (Å²) in [5.41, 5.74) is 3.37. The van der Waals surface area contributed by atoms with Crippen molar-refractivity contribution >= 4 is 22.7 Å². The number of aromatic nitrogens is 1. The number of hydrogen-bond acceptors (Lipinski definition) is 4. The molecule has 0 saturated carbocycles. The summed E-state index contributed by atoms with van der Waals surface area (Å²) in [7, 11) is 0. The molecule has 22 heavy (non-hydrogen) atoms. The highest BCUT2D eigenvalue weighted by Crippen LogP contribution is 2.39. The van der Waals surface area contributed by atoms with Crippen LogP contribution in [0.1, 0.15) is 38.8 Å². The Labute approximate surface area is 136 Å². The van der Waals surface area contributed by atoms with Crippen molar-refractivity contribution in [2.75, 3.05) is 0 Å². The van der Waals surface area contributed by atoms with Gasteiger partial charge in [-0.1, -0.05) is 12.1 Å². The van der Waals surface area contributed by atoms with Gasteiger partial charge in [-0.3, -0.25) is 5.32 Å². The molecule has 1 aromatic carbocycles. The molecule has 0 radical (unpaired) electrons. The van der Waals surface area contributed by atoms with E-state index < -0.39 is 0 Å². The summed E-state index contributed by atoms with van der Waals surface area (Å²) in [4.78, 5) is 5.91. The lowest BCUT2D eigenvalue weighted by Gasteiger charge is -2.30. The number of thiophene rings is 1. The van der Waals surface area contributed by atoms with Crippen LogP contribution in [0.5, 0.6) is 0 Å². The number of nitrogens with zero attached hydrogens (tertiary/aromatic N) is 1. The van der Waals surface area contributed by atoms with Crippen molar-refractivity contribution in [3.8, 4) is 0 Å². The minimum absolute atomic E-state index is 0.0358. The fourth-order valence-corrected chi connectivity index (χ4v) is 4.83. The molecule has 1 aliphatic heterocycles. The van der Waals surface area contributed by atoms with Crippen LogP contribution in [0.3, 0.4) is 0 Å². The lowest BCUT2D eigenvalue weighted by atomic mass is 9.93. The lowest BCUT2D eigenvalue weighted by Crippen LogP contribution is -2.33. The first-order chi connectivity index (χ1) is 10.7. The Morgan fingerprint density at radius 3 is 2.95 bits per heavy atom. The molecular weight excluding hydrogens is 315 g/mol. The van der Waals surface area contributed by atoms with Crippen molar-refractivity contribution in [3.05, 3.63) is 73.6 Å². The van der Waals surface area contributed by atoms with Gasteiger partial charge in [-0.2, -0.15) is 0 Å². The molecule has 2 nitrogen and oxygen atoms in total. The zero-order valence-corrected chi connectivity index (χ0v) is 13.7. The number of nitrogens with one attached hydrogen (secondary N) is 1. The maximum Gasteiger partial charge on any atom is 0.123 e. The summed E-state index contributed by atoms with van der Waals surface area (Å²) in [6.45, 7) is 2.02. The van der Waals surface area contributed by atoms with Gasteiger partial charge in [0.2, 0.25) is 0 Å². The number of thiazole rings is 1. The van der Waals surface area contributed by atoms with E-state index in [4.69, 9.17) is 0 Å². The summed E-state index contributed by atoms with van der Waals surface area (Å²) >= 11 is 3.42. The van der Waals surface area contributed by atoms with Gasteiger partial charge in [0.05, 0.1) is 12.1 Å². The fourth-order valence-electron chi connectivity index (χ4n) is 2.95. The topological polar surface area (TPSA) is 24.9 Å². The van der Waals surface area contributed by atoms with E-state index >= 15 is 0 Å². The van der Waals surface area contributed by atoms with E-state index in [1.54, 1.807) is 34.8 Å². The summed E-state index contributed by atoms with van der Waals surface area (Å²) in [6, 6.07) is 9.28.